The summed E-state index contributed by atoms with van der Waals surface area (Å²) in [6, 6.07) is 17.7. The SMILES string of the molecule is CN([O-])c1ccc(-c2ccccc2)cc1. The number of anilines is 1. The van der Waals surface area contributed by atoms with Crippen LogP contribution in [-0.2, 0) is 0 Å². The Kier molecular flexibility index (Phi) is 2.70. The molecule has 0 amide bonds. The molecule has 0 aliphatic heterocycles. The lowest BCUT2D eigenvalue weighted by Gasteiger charge is -2.24. The summed E-state index contributed by atoms with van der Waals surface area (Å²) in [7, 11) is 1.50. The van der Waals surface area contributed by atoms with E-state index < -0.39 is 0 Å². The normalized spacial score (nSPS) is 10.0. The van der Waals surface area contributed by atoms with Gasteiger partial charge in [-0.1, -0.05) is 42.5 Å². The van der Waals surface area contributed by atoms with Gasteiger partial charge in [-0.2, -0.15) is 0 Å². The molecule has 2 nitrogen and oxygen atoms in total. The van der Waals surface area contributed by atoms with Gasteiger partial charge < -0.3 is 10.3 Å². The van der Waals surface area contributed by atoms with Crippen molar-refractivity contribution in [2.24, 2.45) is 0 Å². The molecule has 0 radical (unpaired) electrons. The van der Waals surface area contributed by atoms with Gasteiger partial charge in [0.15, 0.2) is 0 Å². The van der Waals surface area contributed by atoms with Crippen molar-refractivity contribution in [3.63, 3.8) is 0 Å². The lowest BCUT2D eigenvalue weighted by molar-refractivity contribution is 1.22. The van der Waals surface area contributed by atoms with E-state index in [1.807, 2.05) is 42.5 Å². The highest BCUT2D eigenvalue weighted by Gasteiger charge is 1.96. The molecular weight excluding hydrogens is 186 g/mol. The zero-order valence-electron chi connectivity index (χ0n) is 8.55. The minimum atomic E-state index is 0.676. The van der Waals surface area contributed by atoms with Crippen molar-refractivity contribution >= 4 is 5.69 Å². The Morgan fingerprint density at radius 2 is 1.33 bits per heavy atom. The molecule has 15 heavy (non-hydrogen) atoms. The number of rotatable bonds is 2. The second-order valence-corrected chi connectivity index (χ2v) is 3.41. The van der Waals surface area contributed by atoms with E-state index in [1.54, 1.807) is 0 Å². The molecular formula is C13H12NO-. The molecule has 0 fully saturated rings. The van der Waals surface area contributed by atoms with E-state index in [2.05, 4.69) is 12.1 Å². The van der Waals surface area contributed by atoms with Crippen molar-refractivity contribution in [1.82, 2.24) is 0 Å². The van der Waals surface area contributed by atoms with Gasteiger partial charge in [-0.25, -0.2) is 0 Å². The molecule has 0 heterocycles. The molecule has 2 aromatic carbocycles. The second kappa shape index (κ2) is 4.15. The molecule has 0 aromatic heterocycles. The van der Waals surface area contributed by atoms with Crippen molar-refractivity contribution < 1.29 is 0 Å². The largest absolute Gasteiger partial charge is 0.758 e. The van der Waals surface area contributed by atoms with Gasteiger partial charge in [0.25, 0.3) is 0 Å². The Bertz CT molecular complexity index is 420. The third-order valence-corrected chi connectivity index (χ3v) is 2.34. The van der Waals surface area contributed by atoms with Crippen molar-refractivity contribution in [3.05, 3.63) is 59.8 Å². The zero-order chi connectivity index (χ0) is 10.7. The van der Waals surface area contributed by atoms with Gasteiger partial charge in [0, 0.05) is 5.69 Å². The summed E-state index contributed by atoms with van der Waals surface area (Å²) in [5.41, 5.74) is 2.97. The number of hydroxylamine groups is 1. The molecule has 2 aromatic rings. The Morgan fingerprint density at radius 3 is 1.87 bits per heavy atom. The van der Waals surface area contributed by atoms with Crippen molar-refractivity contribution in [3.8, 4) is 11.1 Å². The molecule has 0 N–H and O–H groups in total. The van der Waals surface area contributed by atoms with E-state index in [1.165, 1.54) is 7.05 Å². The standard InChI is InChI=1S/C13H12NO/c1-14(15)13-9-7-12(8-10-13)11-5-3-2-4-6-11/h2-10H,1H3/q-1. The fourth-order valence-electron chi connectivity index (χ4n) is 1.49. The average molecular weight is 198 g/mol. The monoisotopic (exact) mass is 198 g/mol. The van der Waals surface area contributed by atoms with Gasteiger partial charge in [0.1, 0.15) is 0 Å². The number of nitrogens with zero attached hydrogens (tertiary/aromatic N) is 1. The van der Waals surface area contributed by atoms with Gasteiger partial charge >= 0.3 is 0 Å². The maximum Gasteiger partial charge on any atom is 0.0257 e. The lowest BCUT2D eigenvalue weighted by atomic mass is 10.1. The van der Waals surface area contributed by atoms with Crippen molar-refractivity contribution in [2.45, 2.75) is 0 Å². The topological polar surface area (TPSA) is 26.3 Å². The molecule has 0 saturated heterocycles. The first-order valence-corrected chi connectivity index (χ1v) is 4.84. The highest BCUT2D eigenvalue weighted by molar-refractivity contribution is 5.66. The molecule has 0 saturated carbocycles. The minimum Gasteiger partial charge on any atom is -0.758 e. The number of hydrogen-bond donors (Lipinski definition) is 0. The molecule has 76 valence electrons. The van der Waals surface area contributed by atoms with Crippen molar-refractivity contribution in [2.75, 3.05) is 12.1 Å². The van der Waals surface area contributed by atoms with Crippen LogP contribution in [0, 0.1) is 5.21 Å². The van der Waals surface area contributed by atoms with Crippen LogP contribution in [-0.4, -0.2) is 7.05 Å². The first-order valence-electron chi connectivity index (χ1n) is 4.84. The van der Waals surface area contributed by atoms with E-state index in [9.17, 15) is 5.21 Å². The maximum atomic E-state index is 11.0. The third-order valence-electron chi connectivity index (χ3n) is 2.34. The quantitative estimate of drug-likeness (QED) is 0.692. The Labute approximate surface area is 89.4 Å². The predicted molar refractivity (Wildman–Crippen MR) is 63.6 cm³/mol. The highest BCUT2D eigenvalue weighted by Crippen LogP contribution is 2.21. The van der Waals surface area contributed by atoms with Crippen LogP contribution in [0.2, 0.25) is 0 Å². The van der Waals surface area contributed by atoms with Crippen LogP contribution in [0.1, 0.15) is 0 Å². The number of benzene rings is 2. The van der Waals surface area contributed by atoms with Gasteiger partial charge in [-0.15, -0.1) is 0 Å². The first-order chi connectivity index (χ1) is 7.27. The Hall–Kier alpha value is -1.80. The van der Waals surface area contributed by atoms with Crippen LogP contribution in [0.25, 0.3) is 11.1 Å². The summed E-state index contributed by atoms with van der Waals surface area (Å²) >= 11 is 0. The van der Waals surface area contributed by atoms with Gasteiger partial charge in [0.05, 0.1) is 0 Å². The van der Waals surface area contributed by atoms with E-state index in [0.29, 0.717) is 5.69 Å². The summed E-state index contributed by atoms with van der Waals surface area (Å²) in [5, 5.41) is 11.9. The van der Waals surface area contributed by atoms with Crippen LogP contribution in [0.15, 0.2) is 54.6 Å². The van der Waals surface area contributed by atoms with Crippen molar-refractivity contribution in [1.29, 1.82) is 0 Å². The Balaban J connectivity index is 2.32. The van der Waals surface area contributed by atoms with Crippen LogP contribution >= 0.6 is 0 Å². The molecule has 0 unspecified atom stereocenters. The number of hydrogen-bond acceptors (Lipinski definition) is 2. The molecule has 0 bridgehead atoms. The molecule has 0 aliphatic rings. The van der Waals surface area contributed by atoms with E-state index >= 15 is 0 Å². The third kappa shape index (κ3) is 2.17. The van der Waals surface area contributed by atoms with Crippen LogP contribution < -0.4 is 5.06 Å². The smallest absolute Gasteiger partial charge is 0.0257 e. The van der Waals surface area contributed by atoms with Crippen LogP contribution in [0.3, 0.4) is 0 Å². The summed E-state index contributed by atoms with van der Waals surface area (Å²) in [5.74, 6) is 0. The maximum absolute atomic E-state index is 11.0. The molecule has 2 heteroatoms. The molecule has 0 atom stereocenters. The first kappa shape index (κ1) is 9.74. The van der Waals surface area contributed by atoms with Gasteiger partial charge in [-0.3, -0.25) is 0 Å². The summed E-state index contributed by atoms with van der Waals surface area (Å²) < 4.78 is 0. The fraction of sp³-hybridized carbons (Fsp3) is 0.0769. The predicted octanol–water partition coefficient (Wildman–Crippen LogP) is 3.29. The van der Waals surface area contributed by atoms with Gasteiger partial charge in [0.2, 0.25) is 0 Å². The van der Waals surface area contributed by atoms with E-state index in [0.717, 1.165) is 16.2 Å². The zero-order valence-corrected chi connectivity index (χ0v) is 8.55. The van der Waals surface area contributed by atoms with E-state index in [-0.39, 0.29) is 0 Å². The minimum absolute atomic E-state index is 0.676. The molecule has 2 rings (SSSR count). The second-order valence-electron chi connectivity index (χ2n) is 3.41. The summed E-state index contributed by atoms with van der Waals surface area (Å²) in [6.45, 7) is 0. The van der Waals surface area contributed by atoms with Crippen LogP contribution in [0.5, 0.6) is 0 Å². The molecule has 0 aliphatic carbocycles. The Morgan fingerprint density at radius 1 is 0.800 bits per heavy atom. The lowest BCUT2D eigenvalue weighted by Crippen LogP contribution is -2.04. The average Bonchev–Trinajstić information content (AvgIpc) is 2.30. The van der Waals surface area contributed by atoms with Gasteiger partial charge in [-0.05, 0) is 30.3 Å². The van der Waals surface area contributed by atoms with Crippen LogP contribution in [0.4, 0.5) is 5.69 Å². The summed E-state index contributed by atoms with van der Waals surface area (Å²) in [4.78, 5) is 0. The molecule has 0 spiro atoms. The van der Waals surface area contributed by atoms with E-state index in [4.69, 9.17) is 0 Å². The highest BCUT2D eigenvalue weighted by atomic mass is 16.5. The fourth-order valence-corrected chi connectivity index (χ4v) is 1.49. The summed E-state index contributed by atoms with van der Waals surface area (Å²) in [6.07, 6.45) is 0.